The smallest absolute Gasteiger partial charge is 0.315 e. The maximum atomic E-state index is 11.6. The maximum absolute atomic E-state index is 11.6. The van der Waals surface area contributed by atoms with Crippen molar-refractivity contribution in [2.75, 3.05) is 7.05 Å². The molecule has 1 aromatic heterocycles. The number of aryl methyl sites for hydroxylation is 1. The molecule has 0 saturated heterocycles. The summed E-state index contributed by atoms with van der Waals surface area (Å²) < 4.78 is 3.00. The Bertz CT molecular complexity index is 355. The number of nitrogens with one attached hydrogen (secondary N) is 1. The molecule has 15 heavy (non-hydrogen) atoms. The van der Waals surface area contributed by atoms with Crippen molar-refractivity contribution in [3.63, 3.8) is 0 Å². The van der Waals surface area contributed by atoms with Gasteiger partial charge in [-0.2, -0.15) is 5.10 Å². The first-order valence-electron chi connectivity index (χ1n) is 5.35. The molecule has 0 saturated carbocycles. The molecule has 2 unspecified atom stereocenters. The van der Waals surface area contributed by atoms with E-state index in [-0.39, 0.29) is 5.69 Å². The van der Waals surface area contributed by atoms with Crippen molar-refractivity contribution in [1.29, 1.82) is 0 Å². The van der Waals surface area contributed by atoms with Gasteiger partial charge in [-0.3, -0.25) is 4.57 Å². The van der Waals surface area contributed by atoms with Crippen LogP contribution in [-0.4, -0.2) is 27.4 Å². The van der Waals surface area contributed by atoms with Crippen molar-refractivity contribution in [3.8, 4) is 0 Å². The van der Waals surface area contributed by atoms with Gasteiger partial charge in [-0.1, -0.05) is 20.3 Å². The lowest BCUT2D eigenvalue weighted by Gasteiger charge is -2.21. The first-order valence-corrected chi connectivity index (χ1v) is 5.35. The van der Waals surface area contributed by atoms with E-state index in [0.29, 0.717) is 18.5 Å². The van der Waals surface area contributed by atoms with E-state index >= 15 is 0 Å². The quantitative estimate of drug-likeness (QED) is 0.759. The Morgan fingerprint density at radius 2 is 2.27 bits per heavy atom. The van der Waals surface area contributed by atoms with Gasteiger partial charge in [0.1, 0.15) is 6.33 Å². The van der Waals surface area contributed by atoms with E-state index < -0.39 is 0 Å². The van der Waals surface area contributed by atoms with Gasteiger partial charge in [0.15, 0.2) is 0 Å². The largest absolute Gasteiger partial charge is 0.345 e. The van der Waals surface area contributed by atoms with Gasteiger partial charge in [-0.15, -0.1) is 0 Å². The lowest BCUT2D eigenvalue weighted by molar-refractivity contribution is 0.331. The third kappa shape index (κ3) is 2.68. The van der Waals surface area contributed by atoms with Crippen LogP contribution in [0.25, 0.3) is 0 Å². The highest BCUT2D eigenvalue weighted by Crippen LogP contribution is 2.08. The average molecular weight is 212 g/mol. The highest BCUT2D eigenvalue weighted by Gasteiger charge is 2.15. The van der Waals surface area contributed by atoms with Gasteiger partial charge in [0, 0.05) is 13.1 Å². The Balaban J connectivity index is 2.75. The monoisotopic (exact) mass is 212 g/mol. The Morgan fingerprint density at radius 1 is 1.60 bits per heavy atom. The van der Waals surface area contributed by atoms with Gasteiger partial charge in [0.2, 0.25) is 0 Å². The van der Waals surface area contributed by atoms with Gasteiger partial charge < -0.3 is 5.32 Å². The van der Waals surface area contributed by atoms with Gasteiger partial charge in [0.05, 0.1) is 6.54 Å². The van der Waals surface area contributed by atoms with Crippen molar-refractivity contribution in [3.05, 3.63) is 16.8 Å². The first-order chi connectivity index (χ1) is 7.10. The van der Waals surface area contributed by atoms with Gasteiger partial charge in [0.25, 0.3) is 0 Å². The molecular formula is C10H20N4O. The van der Waals surface area contributed by atoms with Crippen LogP contribution >= 0.6 is 0 Å². The van der Waals surface area contributed by atoms with Gasteiger partial charge in [-0.05, 0) is 13.0 Å². The molecule has 0 radical (unpaired) electrons. The van der Waals surface area contributed by atoms with Crippen molar-refractivity contribution in [2.24, 2.45) is 13.0 Å². The van der Waals surface area contributed by atoms with E-state index in [1.54, 1.807) is 13.4 Å². The molecule has 1 aromatic rings. The number of hydrogen-bond donors (Lipinski definition) is 1. The molecule has 1 heterocycles. The first kappa shape index (κ1) is 12.0. The minimum Gasteiger partial charge on any atom is -0.315 e. The van der Waals surface area contributed by atoms with Crippen LogP contribution in [0, 0.1) is 5.92 Å². The van der Waals surface area contributed by atoms with Crippen LogP contribution in [0.1, 0.15) is 20.3 Å². The van der Waals surface area contributed by atoms with Crippen molar-refractivity contribution in [2.45, 2.75) is 32.9 Å². The summed E-state index contributed by atoms with van der Waals surface area (Å²) in [6.45, 7) is 4.95. The van der Waals surface area contributed by atoms with Crippen molar-refractivity contribution in [1.82, 2.24) is 19.7 Å². The molecule has 2 atom stereocenters. The zero-order valence-corrected chi connectivity index (χ0v) is 9.90. The van der Waals surface area contributed by atoms with E-state index in [2.05, 4.69) is 24.3 Å². The molecule has 0 fully saturated rings. The lowest BCUT2D eigenvalue weighted by atomic mass is 9.99. The number of rotatable bonds is 5. The average Bonchev–Trinajstić information content (AvgIpc) is 2.56. The summed E-state index contributed by atoms with van der Waals surface area (Å²) in [7, 11) is 3.63. The summed E-state index contributed by atoms with van der Waals surface area (Å²) in [5, 5.41) is 7.28. The summed E-state index contributed by atoms with van der Waals surface area (Å²) >= 11 is 0. The van der Waals surface area contributed by atoms with Crippen LogP contribution < -0.4 is 11.0 Å². The molecule has 86 valence electrons. The van der Waals surface area contributed by atoms with E-state index in [1.807, 2.05) is 7.05 Å². The van der Waals surface area contributed by atoms with Crippen LogP contribution in [0.5, 0.6) is 0 Å². The number of hydrogen-bond acceptors (Lipinski definition) is 3. The highest BCUT2D eigenvalue weighted by atomic mass is 16.2. The van der Waals surface area contributed by atoms with E-state index in [9.17, 15) is 4.79 Å². The molecule has 0 aliphatic rings. The summed E-state index contributed by atoms with van der Waals surface area (Å²) in [6, 6.07) is 0.294. The van der Waals surface area contributed by atoms with Gasteiger partial charge >= 0.3 is 5.69 Å². The Kier molecular flexibility index (Phi) is 4.08. The van der Waals surface area contributed by atoms with Crippen LogP contribution in [0.15, 0.2) is 11.1 Å². The molecular weight excluding hydrogens is 192 g/mol. The fraction of sp³-hybridized carbons (Fsp3) is 0.800. The third-order valence-corrected chi connectivity index (χ3v) is 2.96. The number of likely N-dealkylation sites (N-methyl/N-ethyl adjacent to an activating group) is 1. The Labute approximate surface area is 90.1 Å². The normalized spacial score (nSPS) is 15.2. The number of aromatic nitrogens is 3. The molecule has 0 aliphatic carbocycles. The standard InChI is InChI=1S/C10H20N4O/c1-5-8(2)9(11-3)6-14-10(15)13(4)7-12-14/h7-9,11H,5-6H2,1-4H3. The molecule has 0 aliphatic heterocycles. The lowest BCUT2D eigenvalue weighted by Crippen LogP contribution is -2.39. The predicted molar refractivity (Wildman–Crippen MR) is 59.8 cm³/mol. The second-order valence-corrected chi connectivity index (χ2v) is 3.99. The minimum absolute atomic E-state index is 0.0569. The summed E-state index contributed by atoms with van der Waals surface area (Å²) in [4.78, 5) is 11.6. The summed E-state index contributed by atoms with van der Waals surface area (Å²) in [5.74, 6) is 0.531. The topological polar surface area (TPSA) is 51.9 Å². The third-order valence-electron chi connectivity index (χ3n) is 2.96. The summed E-state index contributed by atoms with van der Waals surface area (Å²) in [5.41, 5.74) is -0.0569. The van der Waals surface area contributed by atoms with Crippen LogP contribution in [0.3, 0.4) is 0 Å². The zero-order chi connectivity index (χ0) is 11.4. The predicted octanol–water partition coefficient (Wildman–Crippen LogP) is 0.216. The van der Waals surface area contributed by atoms with Crippen LogP contribution in [0.2, 0.25) is 0 Å². The Hall–Kier alpha value is -1.10. The second kappa shape index (κ2) is 5.11. The maximum Gasteiger partial charge on any atom is 0.345 e. The molecule has 0 amide bonds. The van der Waals surface area contributed by atoms with Crippen molar-refractivity contribution < 1.29 is 0 Å². The summed E-state index contributed by atoms with van der Waals surface area (Å²) in [6.07, 6.45) is 2.64. The second-order valence-electron chi connectivity index (χ2n) is 3.99. The molecule has 0 spiro atoms. The molecule has 1 rings (SSSR count). The minimum atomic E-state index is -0.0569. The SMILES string of the molecule is CCC(C)C(Cn1ncn(C)c1=O)NC. The highest BCUT2D eigenvalue weighted by molar-refractivity contribution is 4.74. The molecule has 1 N–H and O–H groups in total. The molecule has 5 nitrogen and oxygen atoms in total. The van der Waals surface area contributed by atoms with E-state index in [1.165, 1.54) is 9.25 Å². The van der Waals surface area contributed by atoms with Crippen LogP contribution in [0.4, 0.5) is 0 Å². The van der Waals surface area contributed by atoms with E-state index in [0.717, 1.165) is 6.42 Å². The number of nitrogens with zero attached hydrogens (tertiary/aromatic N) is 3. The van der Waals surface area contributed by atoms with Crippen molar-refractivity contribution >= 4 is 0 Å². The fourth-order valence-electron chi connectivity index (χ4n) is 1.57. The van der Waals surface area contributed by atoms with Crippen LogP contribution in [-0.2, 0) is 13.6 Å². The molecule has 0 aromatic carbocycles. The zero-order valence-electron chi connectivity index (χ0n) is 9.90. The molecule has 5 heteroatoms. The fourth-order valence-corrected chi connectivity index (χ4v) is 1.57. The van der Waals surface area contributed by atoms with Gasteiger partial charge in [-0.25, -0.2) is 9.48 Å². The van der Waals surface area contributed by atoms with E-state index in [4.69, 9.17) is 0 Å². The molecule has 0 bridgehead atoms. The Morgan fingerprint density at radius 3 is 2.67 bits per heavy atom.